The van der Waals surface area contributed by atoms with Gasteiger partial charge in [-0.3, -0.25) is 0 Å². The predicted molar refractivity (Wildman–Crippen MR) is 115 cm³/mol. The molecule has 2 aromatic heterocycles. The van der Waals surface area contributed by atoms with Crippen LogP contribution in [0.25, 0.3) is 33.3 Å². The minimum atomic E-state index is -0.339. The van der Waals surface area contributed by atoms with Gasteiger partial charge in [-0.15, -0.1) is 0 Å². The molecular weight excluding hydrogens is 375 g/mol. The van der Waals surface area contributed by atoms with Crippen LogP contribution in [-0.2, 0) is 5.54 Å². The maximum Gasteiger partial charge on any atom is 0.149 e. The van der Waals surface area contributed by atoms with E-state index >= 15 is 0 Å². The molecule has 0 bridgehead atoms. The molecule has 146 valence electrons. The average Bonchev–Trinajstić information content (AvgIpc) is 2.76. The highest BCUT2D eigenvalue weighted by molar-refractivity contribution is 5.93. The van der Waals surface area contributed by atoms with Gasteiger partial charge < -0.3 is 5.73 Å². The summed E-state index contributed by atoms with van der Waals surface area (Å²) in [6, 6.07) is 20.3. The van der Waals surface area contributed by atoms with Gasteiger partial charge in [0.1, 0.15) is 17.6 Å². The molecule has 2 N–H and O–H groups in total. The molecule has 1 aliphatic rings. The Kier molecular flexibility index (Phi) is 4.30. The third kappa shape index (κ3) is 2.94. The predicted octanol–water partition coefficient (Wildman–Crippen LogP) is 5.31. The monoisotopic (exact) mass is 394 g/mol. The van der Waals surface area contributed by atoms with Gasteiger partial charge in [-0.1, -0.05) is 42.5 Å². The lowest BCUT2D eigenvalue weighted by Gasteiger charge is -2.38. The van der Waals surface area contributed by atoms with Crippen molar-refractivity contribution in [3.8, 4) is 28.5 Å². The molecule has 30 heavy (non-hydrogen) atoms. The van der Waals surface area contributed by atoms with E-state index in [0.29, 0.717) is 27.7 Å². The number of nitriles is 1. The molecule has 0 saturated heterocycles. The SMILES string of the molecule is N#Cc1nccc2nc(-c3ccc(C4(N)CCC4)cc3)c(-c3ccccc3F)cc12. The maximum absolute atomic E-state index is 14.7. The maximum atomic E-state index is 14.7. The van der Waals surface area contributed by atoms with Crippen molar-refractivity contribution in [3.05, 3.63) is 83.9 Å². The summed E-state index contributed by atoms with van der Waals surface area (Å²) < 4.78 is 14.7. The lowest BCUT2D eigenvalue weighted by atomic mass is 9.72. The number of pyridine rings is 2. The fraction of sp³-hybridized carbons (Fsp3) is 0.160. The number of nitrogens with two attached hydrogens (primary N) is 1. The van der Waals surface area contributed by atoms with Crippen LogP contribution in [-0.4, -0.2) is 9.97 Å². The molecule has 1 saturated carbocycles. The van der Waals surface area contributed by atoms with E-state index in [0.717, 1.165) is 30.4 Å². The zero-order valence-electron chi connectivity index (χ0n) is 16.3. The molecule has 0 amide bonds. The summed E-state index contributed by atoms with van der Waals surface area (Å²) in [5.74, 6) is -0.339. The van der Waals surface area contributed by atoms with Crippen LogP contribution in [0.3, 0.4) is 0 Å². The van der Waals surface area contributed by atoms with Crippen molar-refractivity contribution in [2.75, 3.05) is 0 Å². The molecule has 1 fully saturated rings. The average molecular weight is 394 g/mol. The standard InChI is InChI=1S/C25H19FN4/c26-21-5-2-1-4-18(21)19-14-20-22(10-13-29-23(20)15-27)30-24(19)16-6-8-17(9-7-16)25(28)11-3-12-25/h1-2,4-10,13-14H,3,11-12,28H2. The van der Waals surface area contributed by atoms with Crippen LogP contribution in [0.15, 0.2) is 66.9 Å². The van der Waals surface area contributed by atoms with Crippen LogP contribution < -0.4 is 5.73 Å². The van der Waals surface area contributed by atoms with Gasteiger partial charge >= 0.3 is 0 Å². The topological polar surface area (TPSA) is 75.6 Å². The Morgan fingerprint density at radius 2 is 1.77 bits per heavy atom. The summed E-state index contributed by atoms with van der Waals surface area (Å²) in [6.07, 6.45) is 4.70. The highest BCUT2D eigenvalue weighted by Gasteiger charge is 2.34. The van der Waals surface area contributed by atoms with Gasteiger partial charge in [0.15, 0.2) is 0 Å². The first-order chi connectivity index (χ1) is 14.6. The number of nitrogens with zero attached hydrogens (tertiary/aromatic N) is 3. The first-order valence-corrected chi connectivity index (χ1v) is 9.94. The third-order valence-corrected chi connectivity index (χ3v) is 5.99. The van der Waals surface area contributed by atoms with Crippen molar-refractivity contribution in [1.29, 1.82) is 5.26 Å². The first kappa shape index (κ1) is 18.4. The van der Waals surface area contributed by atoms with E-state index < -0.39 is 0 Å². The molecule has 5 rings (SSSR count). The highest BCUT2D eigenvalue weighted by atomic mass is 19.1. The molecular formula is C25H19FN4. The van der Waals surface area contributed by atoms with Gasteiger partial charge in [0, 0.05) is 33.8 Å². The number of aromatic nitrogens is 2. The number of hydrogen-bond donors (Lipinski definition) is 1. The lowest BCUT2D eigenvalue weighted by molar-refractivity contribution is 0.253. The zero-order valence-corrected chi connectivity index (χ0v) is 16.3. The van der Waals surface area contributed by atoms with Gasteiger partial charge in [0.2, 0.25) is 0 Å². The van der Waals surface area contributed by atoms with Crippen LogP contribution in [0.5, 0.6) is 0 Å². The summed E-state index contributed by atoms with van der Waals surface area (Å²) in [5.41, 5.74) is 10.9. The van der Waals surface area contributed by atoms with Crippen LogP contribution in [0.2, 0.25) is 0 Å². The van der Waals surface area contributed by atoms with Crippen molar-refractivity contribution in [1.82, 2.24) is 9.97 Å². The minimum absolute atomic E-state index is 0.239. The van der Waals surface area contributed by atoms with E-state index in [1.54, 1.807) is 30.5 Å². The number of fused-ring (bicyclic) bond motifs is 1. The summed E-state index contributed by atoms with van der Waals surface area (Å²) in [7, 11) is 0. The molecule has 4 aromatic rings. The number of rotatable bonds is 3. The second kappa shape index (κ2) is 7.01. The molecule has 2 aromatic carbocycles. The van der Waals surface area contributed by atoms with Crippen LogP contribution >= 0.6 is 0 Å². The van der Waals surface area contributed by atoms with Gasteiger partial charge in [-0.25, -0.2) is 14.4 Å². The van der Waals surface area contributed by atoms with Crippen LogP contribution in [0.1, 0.15) is 30.5 Å². The Hall–Kier alpha value is -3.62. The largest absolute Gasteiger partial charge is 0.321 e. The van der Waals surface area contributed by atoms with E-state index in [1.165, 1.54) is 6.07 Å². The third-order valence-electron chi connectivity index (χ3n) is 5.99. The van der Waals surface area contributed by atoms with Crippen molar-refractivity contribution < 1.29 is 4.39 Å². The van der Waals surface area contributed by atoms with Crippen molar-refractivity contribution in [3.63, 3.8) is 0 Å². The van der Waals surface area contributed by atoms with Crippen LogP contribution in [0, 0.1) is 17.1 Å². The Labute approximate surface area is 173 Å². The van der Waals surface area contributed by atoms with Crippen LogP contribution in [0.4, 0.5) is 4.39 Å². The second-order valence-corrected chi connectivity index (χ2v) is 7.79. The fourth-order valence-corrected chi connectivity index (χ4v) is 4.10. The molecule has 0 atom stereocenters. The van der Waals surface area contributed by atoms with Crippen molar-refractivity contribution in [2.45, 2.75) is 24.8 Å². The zero-order chi connectivity index (χ0) is 20.7. The van der Waals surface area contributed by atoms with Gasteiger partial charge in [0.05, 0.1) is 11.2 Å². The minimum Gasteiger partial charge on any atom is -0.321 e. The number of hydrogen-bond acceptors (Lipinski definition) is 4. The summed E-state index contributed by atoms with van der Waals surface area (Å²) in [4.78, 5) is 8.94. The van der Waals surface area contributed by atoms with Crippen molar-refractivity contribution in [2.24, 2.45) is 5.73 Å². The quantitative estimate of drug-likeness (QED) is 0.511. The highest BCUT2D eigenvalue weighted by Crippen LogP contribution is 2.40. The number of halogens is 1. The second-order valence-electron chi connectivity index (χ2n) is 7.79. The summed E-state index contributed by atoms with van der Waals surface area (Å²) in [6.45, 7) is 0. The summed E-state index contributed by atoms with van der Waals surface area (Å²) in [5, 5.41) is 10.1. The molecule has 2 heterocycles. The smallest absolute Gasteiger partial charge is 0.149 e. The Morgan fingerprint density at radius 3 is 2.43 bits per heavy atom. The molecule has 0 radical (unpaired) electrons. The Morgan fingerprint density at radius 1 is 1.00 bits per heavy atom. The molecule has 5 heteroatoms. The Balaban J connectivity index is 1.73. The molecule has 4 nitrogen and oxygen atoms in total. The molecule has 0 spiro atoms. The van der Waals surface area contributed by atoms with E-state index in [4.69, 9.17) is 10.7 Å². The van der Waals surface area contributed by atoms with E-state index in [2.05, 4.69) is 11.1 Å². The Bertz CT molecular complexity index is 1300. The van der Waals surface area contributed by atoms with Gasteiger partial charge in [0.25, 0.3) is 0 Å². The molecule has 0 unspecified atom stereocenters. The molecule has 1 aliphatic carbocycles. The summed E-state index contributed by atoms with van der Waals surface area (Å²) >= 11 is 0. The van der Waals surface area contributed by atoms with E-state index in [-0.39, 0.29) is 17.1 Å². The van der Waals surface area contributed by atoms with Crippen molar-refractivity contribution >= 4 is 10.9 Å². The van der Waals surface area contributed by atoms with E-state index in [9.17, 15) is 9.65 Å². The van der Waals surface area contributed by atoms with Gasteiger partial charge in [-0.2, -0.15) is 5.26 Å². The van der Waals surface area contributed by atoms with Gasteiger partial charge in [-0.05, 0) is 43.0 Å². The normalized spacial score (nSPS) is 14.8. The fourth-order valence-electron chi connectivity index (χ4n) is 4.10. The first-order valence-electron chi connectivity index (χ1n) is 9.94. The molecule has 0 aliphatic heterocycles. The number of benzene rings is 2. The lowest BCUT2D eigenvalue weighted by Crippen LogP contribution is -2.43. The van der Waals surface area contributed by atoms with E-state index in [1.807, 2.05) is 30.3 Å².